The van der Waals surface area contributed by atoms with Crippen molar-refractivity contribution in [3.05, 3.63) is 35.9 Å². The average molecular weight is 502 g/mol. The number of likely N-dealkylation sites (tertiary alicyclic amines) is 1. The molecule has 0 aliphatic carbocycles. The van der Waals surface area contributed by atoms with Crippen LogP contribution in [0.3, 0.4) is 0 Å². The first-order valence-corrected chi connectivity index (χ1v) is 11.4. The molecule has 2 aromatic heterocycles. The predicted octanol–water partition coefficient (Wildman–Crippen LogP) is 3.95. The van der Waals surface area contributed by atoms with Crippen LogP contribution in [0.25, 0.3) is 21.9 Å². The van der Waals surface area contributed by atoms with Crippen molar-refractivity contribution in [3.8, 4) is 17.0 Å². The molecule has 0 radical (unpaired) electrons. The first-order valence-electron chi connectivity index (χ1n) is 11.4. The Morgan fingerprint density at radius 2 is 2.08 bits per heavy atom. The molecule has 1 fully saturated rings. The van der Waals surface area contributed by atoms with Crippen molar-refractivity contribution in [1.82, 2.24) is 14.9 Å². The third kappa shape index (κ3) is 3.91. The molecule has 5 rings (SSSR count). The number of halogens is 3. The number of carboxylic acid groups (broad SMARTS) is 1. The van der Waals surface area contributed by atoms with E-state index in [9.17, 15) is 18.7 Å². The standard InChI is InChI=1S/C24H25F3N6O3/c1-11-15(8-31-23-21(11)29-3-4-36-23)14-5-12-6-18(30-9-16(12)20(28)19(14)25)33(24(34)35)13-7-17(22(26)27)32(2)10-13/h5-6,8-9,13,17,22,29H,3-4,7,10,28H2,1-2H3,(H,34,35). The minimum absolute atomic E-state index is 0.0357. The van der Waals surface area contributed by atoms with E-state index in [1.165, 1.54) is 30.4 Å². The predicted molar refractivity (Wildman–Crippen MR) is 129 cm³/mol. The van der Waals surface area contributed by atoms with E-state index < -0.39 is 30.4 Å². The van der Waals surface area contributed by atoms with Crippen molar-refractivity contribution in [2.24, 2.45) is 0 Å². The fourth-order valence-electron chi connectivity index (χ4n) is 5.03. The van der Waals surface area contributed by atoms with Gasteiger partial charge in [0.25, 0.3) is 6.43 Å². The molecule has 3 aromatic rings. The van der Waals surface area contributed by atoms with Gasteiger partial charge in [0.2, 0.25) is 5.88 Å². The van der Waals surface area contributed by atoms with Gasteiger partial charge < -0.3 is 20.9 Å². The van der Waals surface area contributed by atoms with Gasteiger partial charge in [-0.3, -0.25) is 9.80 Å². The molecule has 2 atom stereocenters. The first-order chi connectivity index (χ1) is 17.2. The summed E-state index contributed by atoms with van der Waals surface area (Å²) in [6.07, 6.45) is -1.13. The SMILES string of the molecule is Cc1c(-c2cc3cc(N(C(=O)O)C4CC(C(F)F)N(C)C4)ncc3c(N)c2F)cnc2c1NCCO2. The summed E-state index contributed by atoms with van der Waals surface area (Å²) < 4.78 is 47.7. The lowest BCUT2D eigenvalue weighted by Crippen LogP contribution is -2.41. The van der Waals surface area contributed by atoms with Crippen LogP contribution in [0, 0.1) is 12.7 Å². The maximum atomic E-state index is 15.4. The van der Waals surface area contributed by atoms with Crippen molar-refractivity contribution >= 4 is 34.1 Å². The van der Waals surface area contributed by atoms with E-state index in [4.69, 9.17) is 10.5 Å². The molecule has 2 unspecified atom stereocenters. The number of nitrogens with two attached hydrogens (primary N) is 1. The summed E-state index contributed by atoms with van der Waals surface area (Å²) in [6.45, 7) is 3.01. The largest absolute Gasteiger partial charge is 0.474 e. The van der Waals surface area contributed by atoms with E-state index in [0.717, 1.165) is 10.5 Å². The number of hydrogen-bond donors (Lipinski definition) is 3. The van der Waals surface area contributed by atoms with Crippen molar-refractivity contribution in [1.29, 1.82) is 0 Å². The second kappa shape index (κ2) is 9.01. The van der Waals surface area contributed by atoms with Gasteiger partial charge in [-0.15, -0.1) is 0 Å². The number of carbonyl (C=O) groups is 1. The normalized spacial score (nSPS) is 19.7. The van der Waals surface area contributed by atoms with E-state index >= 15 is 4.39 Å². The summed E-state index contributed by atoms with van der Waals surface area (Å²) >= 11 is 0. The number of amides is 1. The van der Waals surface area contributed by atoms with Gasteiger partial charge in [0.15, 0.2) is 5.82 Å². The Balaban J connectivity index is 1.59. The summed E-state index contributed by atoms with van der Waals surface area (Å²) in [5.74, 6) is -0.162. The second-order valence-electron chi connectivity index (χ2n) is 9.05. The molecule has 0 spiro atoms. The van der Waals surface area contributed by atoms with Crippen molar-refractivity contribution in [2.75, 3.05) is 42.7 Å². The van der Waals surface area contributed by atoms with Gasteiger partial charge in [-0.1, -0.05) is 0 Å². The highest BCUT2D eigenvalue weighted by Gasteiger charge is 2.40. The molecule has 1 saturated heterocycles. The Bertz CT molecular complexity index is 1350. The molecule has 190 valence electrons. The van der Waals surface area contributed by atoms with Crippen molar-refractivity contribution < 1.29 is 27.8 Å². The number of rotatable bonds is 4. The third-order valence-corrected chi connectivity index (χ3v) is 6.91. The van der Waals surface area contributed by atoms with Crippen LogP contribution in [0.2, 0.25) is 0 Å². The first kappa shape index (κ1) is 23.9. The summed E-state index contributed by atoms with van der Waals surface area (Å²) in [7, 11) is 1.54. The number of alkyl halides is 2. The highest BCUT2D eigenvalue weighted by atomic mass is 19.3. The smallest absolute Gasteiger partial charge is 0.413 e. The molecule has 2 aliphatic heterocycles. The molecular weight excluding hydrogens is 477 g/mol. The second-order valence-corrected chi connectivity index (χ2v) is 9.05. The van der Waals surface area contributed by atoms with Crippen LogP contribution < -0.4 is 20.7 Å². The highest BCUT2D eigenvalue weighted by Crippen LogP contribution is 2.40. The molecule has 1 amide bonds. The van der Waals surface area contributed by atoms with E-state index in [1.807, 2.05) is 6.92 Å². The Morgan fingerprint density at radius 3 is 2.78 bits per heavy atom. The molecule has 0 saturated carbocycles. The minimum atomic E-state index is -2.60. The van der Waals surface area contributed by atoms with E-state index in [0.29, 0.717) is 41.1 Å². The lowest BCUT2D eigenvalue weighted by molar-refractivity contribution is 0.0588. The Morgan fingerprint density at radius 1 is 1.31 bits per heavy atom. The summed E-state index contributed by atoms with van der Waals surface area (Å²) in [5.41, 5.74) is 8.08. The third-order valence-electron chi connectivity index (χ3n) is 6.91. The van der Waals surface area contributed by atoms with Gasteiger partial charge in [-0.25, -0.2) is 27.9 Å². The minimum Gasteiger partial charge on any atom is -0.474 e. The Hall–Kier alpha value is -3.80. The maximum absolute atomic E-state index is 15.4. The number of aromatic nitrogens is 2. The van der Waals surface area contributed by atoms with Gasteiger partial charge in [0.1, 0.15) is 18.1 Å². The summed E-state index contributed by atoms with van der Waals surface area (Å²) in [5, 5.41) is 13.9. The molecule has 12 heteroatoms. The number of hydrogen-bond acceptors (Lipinski definition) is 7. The van der Waals surface area contributed by atoms with E-state index in [1.54, 1.807) is 6.07 Å². The molecule has 36 heavy (non-hydrogen) atoms. The Labute approximate surface area is 204 Å². The highest BCUT2D eigenvalue weighted by molar-refractivity contribution is 5.99. The molecule has 2 aliphatic rings. The lowest BCUT2D eigenvalue weighted by atomic mass is 9.97. The maximum Gasteiger partial charge on any atom is 0.413 e. The summed E-state index contributed by atoms with van der Waals surface area (Å²) in [6, 6.07) is 1.29. The number of nitrogens with zero attached hydrogens (tertiary/aromatic N) is 4. The van der Waals surface area contributed by atoms with Crippen LogP contribution in [-0.2, 0) is 0 Å². The number of anilines is 3. The molecule has 4 heterocycles. The van der Waals surface area contributed by atoms with Crippen LogP contribution in [0.1, 0.15) is 12.0 Å². The zero-order valence-corrected chi connectivity index (χ0v) is 19.6. The molecule has 4 N–H and O–H groups in total. The zero-order valence-electron chi connectivity index (χ0n) is 19.6. The topological polar surface area (TPSA) is 117 Å². The number of pyridine rings is 2. The monoisotopic (exact) mass is 502 g/mol. The average Bonchev–Trinajstić information content (AvgIpc) is 3.23. The quantitative estimate of drug-likeness (QED) is 0.459. The molecule has 9 nitrogen and oxygen atoms in total. The molecule has 1 aromatic carbocycles. The van der Waals surface area contributed by atoms with Crippen LogP contribution in [0.4, 0.5) is 35.2 Å². The number of likely N-dealkylation sites (N-methyl/N-ethyl adjacent to an activating group) is 1. The number of ether oxygens (including phenoxy) is 1. The molecule has 0 bridgehead atoms. The fraction of sp³-hybridized carbons (Fsp3) is 0.375. The number of fused-ring (bicyclic) bond motifs is 2. The van der Waals surface area contributed by atoms with Crippen LogP contribution in [0.5, 0.6) is 5.88 Å². The van der Waals surface area contributed by atoms with Crippen LogP contribution in [-0.4, -0.2) is 71.3 Å². The molecular formula is C24H25F3N6O3. The number of benzene rings is 1. The fourth-order valence-corrected chi connectivity index (χ4v) is 5.03. The van der Waals surface area contributed by atoms with Crippen molar-refractivity contribution in [3.63, 3.8) is 0 Å². The zero-order chi connectivity index (χ0) is 25.7. The van der Waals surface area contributed by atoms with E-state index in [-0.39, 0.29) is 30.0 Å². The lowest BCUT2D eigenvalue weighted by Gasteiger charge is -2.25. The van der Waals surface area contributed by atoms with Gasteiger partial charge in [-0.05, 0) is 43.5 Å². The Kier molecular flexibility index (Phi) is 5.99. The van der Waals surface area contributed by atoms with Gasteiger partial charge in [0, 0.05) is 42.0 Å². The number of nitrogens with one attached hydrogen (secondary N) is 1. The van der Waals surface area contributed by atoms with Crippen LogP contribution in [0.15, 0.2) is 24.5 Å². The van der Waals surface area contributed by atoms with E-state index in [2.05, 4.69) is 15.3 Å². The van der Waals surface area contributed by atoms with Crippen LogP contribution >= 0.6 is 0 Å². The van der Waals surface area contributed by atoms with Gasteiger partial charge in [0.05, 0.1) is 17.8 Å². The van der Waals surface area contributed by atoms with Crippen molar-refractivity contribution in [2.45, 2.75) is 31.9 Å². The summed E-state index contributed by atoms with van der Waals surface area (Å²) in [4.78, 5) is 23.1. The van der Waals surface area contributed by atoms with Gasteiger partial charge >= 0.3 is 6.09 Å². The number of nitrogen functional groups attached to an aromatic ring is 1. The van der Waals surface area contributed by atoms with Gasteiger partial charge in [-0.2, -0.15) is 0 Å².